The number of halogens is 1. The maximum absolute atomic E-state index is 13.4. The van der Waals surface area contributed by atoms with Crippen molar-refractivity contribution >= 4 is 29.5 Å². The van der Waals surface area contributed by atoms with Crippen LogP contribution < -0.4 is 15.5 Å². The fraction of sp³-hybridized carbons (Fsp3) is 0.586. The van der Waals surface area contributed by atoms with Gasteiger partial charge >= 0.3 is 0 Å². The van der Waals surface area contributed by atoms with E-state index in [0.29, 0.717) is 35.6 Å². The van der Waals surface area contributed by atoms with Crippen LogP contribution in [0.3, 0.4) is 0 Å². The number of rotatable bonds is 10. The Morgan fingerprint density at radius 3 is 2.35 bits per heavy atom. The van der Waals surface area contributed by atoms with Crippen molar-refractivity contribution in [2.24, 2.45) is 0 Å². The summed E-state index contributed by atoms with van der Waals surface area (Å²) in [6.07, 6.45) is 6.04. The maximum Gasteiger partial charge on any atom is 0.251 e. The molecule has 8 heteroatoms. The van der Waals surface area contributed by atoms with Gasteiger partial charge in [-0.1, -0.05) is 11.6 Å². The van der Waals surface area contributed by atoms with Crippen molar-refractivity contribution in [3.8, 4) is 0 Å². The van der Waals surface area contributed by atoms with E-state index in [4.69, 9.17) is 11.6 Å². The molecule has 0 spiro atoms. The number of carbonyl (C=O) groups excluding carboxylic acids is 2. The van der Waals surface area contributed by atoms with Gasteiger partial charge in [0.15, 0.2) is 0 Å². The third-order valence-electron chi connectivity index (χ3n) is 8.07. The van der Waals surface area contributed by atoms with E-state index < -0.39 is 0 Å². The van der Waals surface area contributed by atoms with E-state index in [1.807, 2.05) is 38.8 Å². The summed E-state index contributed by atoms with van der Waals surface area (Å²) >= 11 is 6.57. The van der Waals surface area contributed by atoms with Crippen molar-refractivity contribution in [2.75, 3.05) is 45.7 Å². The van der Waals surface area contributed by atoms with E-state index in [-0.39, 0.29) is 5.91 Å². The second-order valence-electron chi connectivity index (χ2n) is 10.4. The van der Waals surface area contributed by atoms with Gasteiger partial charge in [0.25, 0.3) is 5.91 Å². The minimum atomic E-state index is -0.154. The Bertz CT molecular complexity index is 1060. The van der Waals surface area contributed by atoms with E-state index in [1.165, 1.54) is 12.8 Å². The first kappa shape index (κ1) is 29.1. The van der Waals surface area contributed by atoms with Gasteiger partial charge in [-0.15, -0.1) is 0 Å². The smallest absolute Gasteiger partial charge is 0.251 e. The lowest BCUT2D eigenvalue weighted by molar-refractivity contribution is -0.105. The summed E-state index contributed by atoms with van der Waals surface area (Å²) in [5.41, 5.74) is 5.23. The van der Waals surface area contributed by atoms with Gasteiger partial charge in [-0.25, -0.2) is 0 Å². The molecule has 1 saturated carbocycles. The molecule has 1 amide bonds. The van der Waals surface area contributed by atoms with E-state index in [9.17, 15) is 9.59 Å². The molecule has 1 aliphatic carbocycles. The van der Waals surface area contributed by atoms with Crippen LogP contribution in [0.4, 0.5) is 5.69 Å². The van der Waals surface area contributed by atoms with E-state index >= 15 is 0 Å². The maximum atomic E-state index is 13.4. The zero-order valence-corrected chi connectivity index (χ0v) is 24.3. The number of amides is 1. The summed E-state index contributed by atoms with van der Waals surface area (Å²) in [7, 11) is 6.26. The lowest BCUT2D eigenvalue weighted by atomic mass is 9.89. The molecule has 1 fully saturated rings. The van der Waals surface area contributed by atoms with Crippen LogP contribution in [0, 0.1) is 6.92 Å². The van der Waals surface area contributed by atoms with Crippen LogP contribution in [0.1, 0.15) is 68.8 Å². The number of anilines is 1. The molecule has 2 aliphatic rings. The molecular weight excluding hydrogens is 486 g/mol. The first-order chi connectivity index (χ1) is 17.6. The van der Waals surface area contributed by atoms with Crippen LogP contribution >= 0.6 is 11.6 Å². The number of nitrogens with one attached hydrogen (secondary N) is 2. The molecule has 1 aromatic rings. The normalized spacial score (nSPS) is 20.4. The number of nitrogens with zero attached hydrogens (tertiary/aromatic N) is 3. The van der Waals surface area contributed by atoms with Crippen molar-refractivity contribution in [3.63, 3.8) is 0 Å². The van der Waals surface area contributed by atoms with Crippen molar-refractivity contribution in [2.45, 2.75) is 71.9 Å². The Morgan fingerprint density at radius 2 is 1.78 bits per heavy atom. The van der Waals surface area contributed by atoms with Crippen LogP contribution in [0.15, 0.2) is 34.8 Å². The summed E-state index contributed by atoms with van der Waals surface area (Å²) in [6.45, 7) is 10.1. The number of aldehydes is 1. The van der Waals surface area contributed by atoms with Crippen LogP contribution in [-0.2, 0) is 4.79 Å². The highest BCUT2D eigenvalue weighted by Crippen LogP contribution is 2.34. The number of hydrogen-bond acceptors (Lipinski definition) is 6. The number of carbonyl (C=O) groups is 2. The summed E-state index contributed by atoms with van der Waals surface area (Å²) in [4.78, 5) is 31.8. The Kier molecular flexibility index (Phi) is 10.1. The number of benzene rings is 1. The summed E-state index contributed by atoms with van der Waals surface area (Å²) in [5, 5.41) is 7.06. The minimum absolute atomic E-state index is 0.154. The van der Waals surface area contributed by atoms with Crippen LogP contribution in [-0.4, -0.2) is 74.9 Å². The Labute approximate surface area is 227 Å². The van der Waals surface area contributed by atoms with Gasteiger partial charge in [-0.2, -0.15) is 0 Å². The molecule has 0 atom stereocenters. The van der Waals surface area contributed by atoms with Crippen LogP contribution in [0.2, 0.25) is 5.02 Å². The lowest BCUT2D eigenvalue weighted by Crippen LogP contribution is -2.42. The van der Waals surface area contributed by atoms with E-state index in [1.54, 1.807) is 6.07 Å². The van der Waals surface area contributed by atoms with Gasteiger partial charge in [-0.3, -0.25) is 9.59 Å². The van der Waals surface area contributed by atoms with Gasteiger partial charge in [0.05, 0.1) is 0 Å². The average Bonchev–Trinajstić information content (AvgIpc) is 2.88. The quantitative estimate of drug-likeness (QED) is 0.428. The molecule has 0 unspecified atom stereocenters. The Hall–Kier alpha value is -2.51. The summed E-state index contributed by atoms with van der Waals surface area (Å²) in [5.74, 6) is 0.790. The fourth-order valence-electron chi connectivity index (χ4n) is 5.74. The highest BCUT2D eigenvalue weighted by atomic mass is 35.5. The van der Waals surface area contributed by atoms with Gasteiger partial charge in [0.1, 0.15) is 12.1 Å². The predicted molar refractivity (Wildman–Crippen MR) is 153 cm³/mol. The second-order valence-corrected chi connectivity index (χ2v) is 10.9. The van der Waals surface area contributed by atoms with Crippen molar-refractivity contribution in [3.05, 3.63) is 50.9 Å². The molecule has 37 heavy (non-hydrogen) atoms. The zero-order valence-electron chi connectivity index (χ0n) is 23.6. The largest absolute Gasteiger partial charge is 0.372 e. The summed E-state index contributed by atoms with van der Waals surface area (Å²) < 4.78 is 0. The lowest BCUT2D eigenvalue weighted by Gasteiger charge is -2.40. The van der Waals surface area contributed by atoms with E-state index in [0.717, 1.165) is 66.1 Å². The molecule has 0 radical (unpaired) electrons. The Morgan fingerprint density at radius 1 is 1.14 bits per heavy atom. The molecule has 204 valence electrons. The molecule has 0 bridgehead atoms. The first-order valence-corrected chi connectivity index (χ1v) is 13.9. The molecule has 7 nitrogen and oxygen atoms in total. The highest BCUT2D eigenvalue weighted by molar-refractivity contribution is 6.31. The topological polar surface area (TPSA) is 67.9 Å². The summed E-state index contributed by atoms with van der Waals surface area (Å²) in [6, 6.07) is 4.84. The zero-order chi connectivity index (χ0) is 27.3. The van der Waals surface area contributed by atoms with Crippen LogP contribution in [0.25, 0.3) is 0 Å². The van der Waals surface area contributed by atoms with Crippen LogP contribution in [0.5, 0.6) is 0 Å². The molecule has 2 N–H and O–H groups in total. The molecular formula is C29H44ClN5O2. The highest BCUT2D eigenvalue weighted by Gasteiger charge is 2.28. The molecule has 1 aromatic carbocycles. The monoisotopic (exact) mass is 529 g/mol. The SMILES string of the molecule is CCNC1=C(CNC(=O)c2cc(Cl)cc(N(CC)[C@H]3CC[C@H](N(C)C)CC3)c2C)CC(C=O)=C(C)N1C. The van der Waals surface area contributed by atoms with Gasteiger partial charge in [-0.05, 0) is 90.7 Å². The third kappa shape index (κ3) is 6.50. The molecule has 0 aromatic heterocycles. The second kappa shape index (κ2) is 12.8. The van der Waals surface area contributed by atoms with Gasteiger partial charge < -0.3 is 25.3 Å². The Balaban J connectivity index is 1.81. The van der Waals surface area contributed by atoms with Crippen molar-refractivity contribution < 1.29 is 9.59 Å². The molecule has 1 aliphatic heterocycles. The van der Waals surface area contributed by atoms with E-state index in [2.05, 4.69) is 41.5 Å². The van der Waals surface area contributed by atoms with Crippen molar-refractivity contribution in [1.29, 1.82) is 0 Å². The molecule has 0 saturated heterocycles. The van der Waals surface area contributed by atoms with Crippen molar-refractivity contribution in [1.82, 2.24) is 20.4 Å². The third-order valence-corrected chi connectivity index (χ3v) is 8.29. The number of allylic oxidation sites excluding steroid dienone is 2. The van der Waals surface area contributed by atoms with Gasteiger partial charge in [0.2, 0.25) is 0 Å². The first-order valence-electron chi connectivity index (χ1n) is 13.5. The number of hydrogen-bond donors (Lipinski definition) is 2. The molecule has 3 rings (SSSR count). The molecule has 1 heterocycles. The standard InChI is InChI=1S/C29H44ClN5O2/c1-8-31-28-21(14-22(18-36)20(4)34(28)7)17-32-29(37)26-15-23(30)16-27(19(26)3)35(9-2)25-12-10-24(11-13-25)33(5)6/h15-16,18,24-25,31H,8-14,17H2,1-7H3,(H,32,37)/t24-,25-. The average molecular weight is 530 g/mol. The minimum Gasteiger partial charge on any atom is -0.372 e. The van der Waals surface area contributed by atoms with Gasteiger partial charge in [0, 0.05) is 72.7 Å². The predicted octanol–water partition coefficient (Wildman–Crippen LogP) is 4.71. The fourth-order valence-corrected chi connectivity index (χ4v) is 5.95.